The Kier molecular flexibility index (Phi) is 7.28. The molecule has 4 aromatic heterocycles. The molecule has 3 aliphatic heterocycles. The van der Waals surface area contributed by atoms with E-state index in [1.54, 1.807) is 0 Å². The molecule has 0 spiro atoms. The minimum Gasteiger partial charge on any atom is -0.370 e. The summed E-state index contributed by atoms with van der Waals surface area (Å²) in [6.07, 6.45) is 13.1. The van der Waals surface area contributed by atoms with Crippen molar-refractivity contribution in [3.05, 3.63) is 212 Å². The van der Waals surface area contributed by atoms with E-state index in [0.29, 0.717) is 0 Å². The van der Waals surface area contributed by atoms with Crippen LogP contribution < -0.4 is 21.4 Å². The molecule has 6 heteroatoms. The molecule has 0 unspecified atom stereocenters. The van der Waals surface area contributed by atoms with Gasteiger partial charge in [-0.25, -0.2) is 0 Å². The highest BCUT2D eigenvalue weighted by atomic mass is 15.1. The Morgan fingerprint density at radius 1 is 0.400 bits per heavy atom. The van der Waals surface area contributed by atoms with Crippen LogP contribution in [-0.2, 0) is 0 Å². The van der Waals surface area contributed by atoms with Crippen LogP contribution in [0.4, 0.5) is 0 Å². The van der Waals surface area contributed by atoms with Gasteiger partial charge in [0.05, 0.1) is 22.1 Å². The smallest absolute Gasteiger partial charge is 0.0500 e. The van der Waals surface area contributed by atoms with Crippen molar-refractivity contribution in [2.45, 2.75) is 0 Å². The quantitative estimate of drug-likeness (QED) is 0.218. The maximum absolute atomic E-state index is 3.90. The van der Waals surface area contributed by atoms with Gasteiger partial charge in [-0.1, -0.05) is 85.0 Å². The molecule has 0 amide bonds. The Balaban J connectivity index is 1.43. The monoisotopic (exact) mass is 650 g/mol. The molecule has 0 saturated carbocycles. The standard InChI is InChI=1S/C44H38N6/c1-49-27-11-9-17-39(49)43-35-23-21-33(46-35)41(29-13-5-3-6-14-29)31-19-20-32(45-31)42(30-15-7-4-8-16-30)34-22-24-36(47-34)44(38-26-25-37(43)48-38)40-18-10-12-28-50(40)2/h3-26,45-48H,27-28H2,1-2H3. The molecule has 0 radical (unpaired) electrons. The second-order valence-corrected chi connectivity index (χ2v) is 13.1. The fourth-order valence-electron chi connectivity index (χ4n) is 7.47. The topological polar surface area (TPSA) is 69.6 Å². The van der Waals surface area contributed by atoms with Crippen LogP contribution in [0.15, 0.2) is 157 Å². The normalized spacial score (nSPS) is 15.9. The number of rotatable bonds is 4. The zero-order valence-electron chi connectivity index (χ0n) is 28.2. The third-order valence-corrected chi connectivity index (χ3v) is 9.90. The molecule has 2 aromatic carbocycles. The maximum atomic E-state index is 3.90. The first-order valence-electron chi connectivity index (χ1n) is 17.2. The van der Waals surface area contributed by atoms with Gasteiger partial charge in [0.25, 0.3) is 0 Å². The van der Waals surface area contributed by atoms with Crippen LogP contribution in [0.3, 0.4) is 0 Å². The summed E-state index contributed by atoms with van der Waals surface area (Å²) in [5, 5.41) is 4.18. The van der Waals surface area contributed by atoms with E-state index in [1.165, 1.54) is 0 Å². The minimum atomic E-state index is 0.843. The van der Waals surface area contributed by atoms with Gasteiger partial charge in [0.1, 0.15) is 0 Å². The van der Waals surface area contributed by atoms with Crippen LogP contribution in [0.25, 0.3) is 22.3 Å². The second-order valence-electron chi connectivity index (χ2n) is 13.1. The SMILES string of the molecule is CN1CC=CC=C1C1=c2ccc([nH]2)=C(C2=CC=CCN2C)c2ccc([nH]2)C(c2ccccc2)=c2ccc([nH]2)=C(c2ccccc2)c2ccc1[nH]2. The Labute approximate surface area is 290 Å². The largest absolute Gasteiger partial charge is 0.370 e. The number of aromatic nitrogens is 4. The number of hydrogen-bond acceptors (Lipinski definition) is 2. The number of likely N-dealkylation sites (N-methyl/N-ethyl adjacent to an activating group) is 2. The lowest BCUT2D eigenvalue weighted by molar-refractivity contribution is 0.477. The summed E-state index contributed by atoms with van der Waals surface area (Å²) in [6.45, 7) is 1.69. The number of fused-ring (bicyclic) bond motifs is 8. The molecular weight excluding hydrogens is 613 g/mol. The third-order valence-electron chi connectivity index (χ3n) is 9.90. The first-order chi connectivity index (χ1) is 24.6. The molecule has 6 nitrogen and oxygen atoms in total. The van der Waals surface area contributed by atoms with Crippen LogP contribution in [0.2, 0.25) is 0 Å². The van der Waals surface area contributed by atoms with E-state index >= 15 is 0 Å². The average molecular weight is 651 g/mol. The molecule has 9 rings (SSSR count). The van der Waals surface area contributed by atoms with Crippen molar-refractivity contribution in [1.29, 1.82) is 0 Å². The predicted octanol–water partition coefficient (Wildman–Crippen LogP) is 4.98. The first-order valence-corrected chi connectivity index (χ1v) is 17.2. The summed E-state index contributed by atoms with van der Waals surface area (Å²) >= 11 is 0. The summed E-state index contributed by atoms with van der Waals surface area (Å²) in [7, 11) is 4.31. The predicted molar refractivity (Wildman–Crippen MR) is 203 cm³/mol. The number of H-pyrrole nitrogens is 4. The molecule has 0 atom stereocenters. The van der Waals surface area contributed by atoms with Gasteiger partial charge in [-0.2, -0.15) is 0 Å². The summed E-state index contributed by atoms with van der Waals surface area (Å²) < 4.78 is 0. The second kappa shape index (κ2) is 12.2. The van der Waals surface area contributed by atoms with E-state index in [-0.39, 0.29) is 0 Å². The molecule has 0 saturated heterocycles. The molecule has 244 valence electrons. The van der Waals surface area contributed by atoms with Gasteiger partial charge < -0.3 is 29.7 Å². The summed E-state index contributed by atoms with van der Waals surface area (Å²) in [6, 6.07) is 39.0. The van der Waals surface area contributed by atoms with Gasteiger partial charge in [-0.3, -0.25) is 0 Å². The van der Waals surface area contributed by atoms with E-state index in [4.69, 9.17) is 0 Å². The highest BCUT2D eigenvalue weighted by Crippen LogP contribution is 2.29. The maximum Gasteiger partial charge on any atom is 0.0500 e. The van der Waals surface area contributed by atoms with E-state index in [1.807, 2.05) is 0 Å². The Morgan fingerprint density at radius 2 is 0.760 bits per heavy atom. The molecule has 0 fully saturated rings. The van der Waals surface area contributed by atoms with Crippen molar-refractivity contribution in [3.63, 3.8) is 0 Å². The van der Waals surface area contributed by atoms with Gasteiger partial charge in [-0.15, -0.1) is 0 Å². The molecule has 4 N–H and O–H groups in total. The molecule has 7 heterocycles. The van der Waals surface area contributed by atoms with Gasteiger partial charge in [0.15, 0.2) is 0 Å². The van der Waals surface area contributed by atoms with Crippen LogP contribution in [0.5, 0.6) is 0 Å². The number of nitrogens with one attached hydrogen (secondary N) is 4. The van der Waals surface area contributed by atoms with Gasteiger partial charge in [0, 0.05) is 83.0 Å². The Hall–Kier alpha value is -6.40. The number of benzene rings is 2. The van der Waals surface area contributed by atoms with Crippen molar-refractivity contribution in [3.8, 4) is 0 Å². The van der Waals surface area contributed by atoms with Gasteiger partial charge in [-0.05, 0) is 71.8 Å². The Bertz CT molecular complexity index is 2440. The highest BCUT2D eigenvalue weighted by Gasteiger charge is 2.22. The van der Waals surface area contributed by atoms with Gasteiger partial charge in [0.2, 0.25) is 0 Å². The van der Waals surface area contributed by atoms with E-state index in [9.17, 15) is 0 Å². The van der Waals surface area contributed by atoms with E-state index < -0.39 is 0 Å². The molecule has 3 aliphatic rings. The van der Waals surface area contributed by atoms with Crippen LogP contribution in [0, 0.1) is 0 Å². The minimum absolute atomic E-state index is 0.843. The van der Waals surface area contributed by atoms with Crippen molar-refractivity contribution < 1.29 is 0 Å². The number of allylic oxidation sites excluding steroid dienone is 6. The molecule has 8 bridgehead atoms. The van der Waals surface area contributed by atoms with Crippen molar-refractivity contribution >= 4 is 22.3 Å². The zero-order chi connectivity index (χ0) is 33.6. The Morgan fingerprint density at radius 3 is 1.14 bits per heavy atom. The number of aromatic amines is 4. The molecule has 6 aromatic rings. The van der Waals surface area contributed by atoms with Crippen molar-refractivity contribution in [1.82, 2.24) is 29.7 Å². The fraction of sp³-hybridized carbons (Fsp3) is 0.0909. The van der Waals surface area contributed by atoms with E-state index in [2.05, 4.69) is 189 Å². The van der Waals surface area contributed by atoms with Gasteiger partial charge >= 0.3 is 0 Å². The van der Waals surface area contributed by atoms with Crippen LogP contribution in [0.1, 0.15) is 33.9 Å². The lowest BCUT2D eigenvalue weighted by Gasteiger charge is -2.25. The average Bonchev–Trinajstić information content (AvgIpc) is 3.98. The lowest BCUT2D eigenvalue weighted by Crippen LogP contribution is -2.27. The third kappa shape index (κ3) is 5.13. The molecular formula is C44H38N6. The number of hydrogen-bond donors (Lipinski definition) is 4. The van der Waals surface area contributed by atoms with Crippen molar-refractivity contribution in [2.75, 3.05) is 27.2 Å². The summed E-state index contributed by atoms with van der Waals surface area (Å²) in [5.74, 6) is 0. The van der Waals surface area contributed by atoms with E-state index in [0.717, 1.165) is 102 Å². The zero-order valence-corrected chi connectivity index (χ0v) is 28.2. The first kappa shape index (κ1) is 29.7. The number of nitrogens with zero attached hydrogens (tertiary/aromatic N) is 2. The van der Waals surface area contributed by atoms with Crippen molar-refractivity contribution in [2.24, 2.45) is 0 Å². The van der Waals surface area contributed by atoms with Crippen LogP contribution in [-0.4, -0.2) is 56.9 Å². The summed E-state index contributed by atoms with van der Waals surface area (Å²) in [5.41, 5.74) is 13.2. The highest BCUT2D eigenvalue weighted by molar-refractivity contribution is 5.84. The van der Waals surface area contributed by atoms with Crippen LogP contribution >= 0.6 is 0 Å². The summed E-state index contributed by atoms with van der Waals surface area (Å²) in [4.78, 5) is 20.1. The molecule has 50 heavy (non-hydrogen) atoms. The fourth-order valence-corrected chi connectivity index (χ4v) is 7.47. The molecule has 0 aliphatic carbocycles. The lowest BCUT2D eigenvalue weighted by atomic mass is 10.0.